The fraction of sp³-hybridized carbons (Fsp3) is 0.154. The second-order valence-corrected chi connectivity index (χ2v) is 4.73. The zero-order valence-electron chi connectivity index (χ0n) is 10.1. The lowest BCUT2D eigenvalue weighted by molar-refractivity contribution is 0.261. The summed E-state index contributed by atoms with van der Waals surface area (Å²) in [6.45, 7) is 3.90. The summed E-state index contributed by atoms with van der Waals surface area (Å²) in [6.07, 6.45) is 0. The van der Waals surface area contributed by atoms with E-state index in [-0.39, 0.29) is 6.03 Å². The summed E-state index contributed by atoms with van der Waals surface area (Å²) in [6, 6.07) is 8.92. The number of carbonyl (C=O) groups is 1. The van der Waals surface area contributed by atoms with Gasteiger partial charge in [0.1, 0.15) is 0 Å². The molecule has 2 rings (SSSR count). The van der Waals surface area contributed by atoms with Crippen molar-refractivity contribution in [2.45, 2.75) is 13.8 Å². The number of amides is 2. The van der Waals surface area contributed by atoms with Gasteiger partial charge in [-0.1, -0.05) is 18.2 Å². The van der Waals surface area contributed by atoms with Crippen LogP contribution in [0.3, 0.4) is 0 Å². The monoisotopic (exact) mass is 308 g/mol. The van der Waals surface area contributed by atoms with Gasteiger partial charge in [0, 0.05) is 11.8 Å². The minimum atomic E-state index is -0.325. The average Bonchev–Trinajstić information content (AvgIpc) is 2.69. The Morgan fingerprint density at radius 2 is 1.78 bits per heavy atom. The van der Waals surface area contributed by atoms with E-state index in [0.717, 1.165) is 16.8 Å². The summed E-state index contributed by atoms with van der Waals surface area (Å²) in [5, 5.41) is 5.43. The molecule has 4 nitrogen and oxygen atoms in total. The van der Waals surface area contributed by atoms with Crippen molar-refractivity contribution >= 4 is 33.5 Å². The number of furan rings is 1. The highest BCUT2D eigenvalue weighted by Gasteiger charge is 2.08. The molecule has 2 amide bonds. The number of urea groups is 1. The van der Waals surface area contributed by atoms with Crippen LogP contribution >= 0.6 is 15.9 Å². The third-order valence-electron chi connectivity index (χ3n) is 2.53. The largest absolute Gasteiger partial charge is 0.434 e. The summed E-state index contributed by atoms with van der Waals surface area (Å²) < 4.78 is 5.77. The summed E-state index contributed by atoms with van der Waals surface area (Å²) in [5.74, 6) is 0.394. The molecule has 1 heterocycles. The van der Waals surface area contributed by atoms with Crippen LogP contribution in [0.4, 0.5) is 16.4 Å². The fourth-order valence-electron chi connectivity index (χ4n) is 1.65. The van der Waals surface area contributed by atoms with Gasteiger partial charge in [-0.05, 0) is 47.0 Å². The maximum Gasteiger partial charge on any atom is 0.326 e. The van der Waals surface area contributed by atoms with Crippen LogP contribution in [-0.2, 0) is 0 Å². The van der Waals surface area contributed by atoms with Crippen LogP contribution in [0.25, 0.3) is 0 Å². The Bertz CT molecular complexity index is 558. The number of aryl methyl sites for hydroxylation is 2. The lowest BCUT2D eigenvalue weighted by Gasteiger charge is -2.11. The number of hydrogen-bond donors (Lipinski definition) is 2. The van der Waals surface area contributed by atoms with E-state index in [0.29, 0.717) is 10.6 Å². The maximum absolute atomic E-state index is 11.8. The molecule has 0 saturated carbocycles. The topological polar surface area (TPSA) is 54.3 Å². The Kier molecular flexibility index (Phi) is 3.72. The zero-order chi connectivity index (χ0) is 13.1. The Hall–Kier alpha value is -1.75. The van der Waals surface area contributed by atoms with Crippen LogP contribution in [0.15, 0.2) is 39.4 Å². The van der Waals surface area contributed by atoms with Gasteiger partial charge in [0.2, 0.25) is 5.88 Å². The van der Waals surface area contributed by atoms with E-state index in [1.807, 2.05) is 32.0 Å². The van der Waals surface area contributed by atoms with Gasteiger partial charge in [0.25, 0.3) is 0 Å². The van der Waals surface area contributed by atoms with E-state index in [2.05, 4.69) is 26.6 Å². The van der Waals surface area contributed by atoms with Crippen molar-refractivity contribution in [3.63, 3.8) is 0 Å². The van der Waals surface area contributed by atoms with Gasteiger partial charge in [-0.15, -0.1) is 0 Å². The molecule has 0 aliphatic carbocycles. The molecule has 5 heteroatoms. The predicted molar refractivity (Wildman–Crippen MR) is 75.0 cm³/mol. The second kappa shape index (κ2) is 5.27. The van der Waals surface area contributed by atoms with E-state index in [4.69, 9.17) is 4.42 Å². The van der Waals surface area contributed by atoms with E-state index in [1.54, 1.807) is 12.1 Å². The number of para-hydroxylation sites is 1. The highest BCUT2D eigenvalue weighted by atomic mass is 79.9. The van der Waals surface area contributed by atoms with Gasteiger partial charge in [0.15, 0.2) is 4.67 Å². The number of benzene rings is 1. The first-order valence-corrected chi connectivity index (χ1v) is 6.25. The van der Waals surface area contributed by atoms with Crippen LogP contribution in [0.1, 0.15) is 11.1 Å². The zero-order valence-corrected chi connectivity index (χ0v) is 11.7. The molecule has 0 radical (unpaired) electrons. The quantitative estimate of drug-likeness (QED) is 0.869. The number of hydrogen-bond acceptors (Lipinski definition) is 2. The molecule has 0 unspecified atom stereocenters. The van der Waals surface area contributed by atoms with Crippen molar-refractivity contribution in [2.75, 3.05) is 10.6 Å². The molecule has 2 aromatic rings. The fourth-order valence-corrected chi connectivity index (χ4v) is 1.96. The van der Waals surface area contributed by atoms with E-state index in [9.17, 15) is 4.79 Å². The van der Waals surface area contributed by atoms with E-state index >= 15 is 0 Å². The Balaban J connectivity index is 2.08. The molecular weight excluding hydrogens is 296 g/mol. The summed E-state index contributed by atoms with van der Waals surface area (Å²) in [5.41, 5.74) is 2.86. The van der Waals surface area contributed by atoms with Crippen LogP contribution in [-0.4, -0.2) is 6.03 Å². The van der Waals surface area contributed by atoms with Gasteiger partial charge < -0.3 is 9.73 Å². The molecule has 94 valence electrons. The SMILES string of the molecule is Cc1cccc(C)c1NC(=O)Nc1ccc(Br)o1. The van der Waals surface area contributed by atoms with Crippen LogP contribution in [0, 0.1) is 13.8 Å². The predicted octanol–water partition coefficient (Wildman–Crippen LogP) is 4.30. The summed E-state index contributed by atoms with van der Waals surface area (Å²) >= 11 is 3.17. The van der Waals surface area contributed by atoms with Crippen LogP contribution in [0.5, 0.6) is 0 Å². The molecule has 0 aliphatic rings. The molecular formula is C13H13BrN2O2. The Morgan fingerprint density at radius 1 is 1.11 bits per heavy atom. The molecule has 0 saturated heterocycles. The summed E-state index contributed by atoms with van der Waals surface area (Å²) in [7, 11) is 0. The van der Waals surface area contributed by atoms with Gasteiger partial charge >= 0.3 is 6.03 Å². The first kappa shape index (κ1) is 12.7. The molecule has 0 atom stereocenters. The smallest absolute Gasteiger partial charge is 0.326 e. The first-order valence-electron chi connectivity index (χ1n) is 5.46. The molecule has 0 spiro atoms. The lowest BCUT2D eigenvalue weighted by atomic mass is 10.1. The lowest BCUT2D eigenvalue weighted by Crippen LogP contribution is -2.20. The highest BCUT2D eigenvalue weighted by Crippen LogP contribution is 2.21. The average molecular weight is 309 g/mol. The molecule has 1 aromatic heterocycles. The van der Waals surface area contributed by atoms with Crippen molar-refractivity contribution in [3.05, 3.63) is 46.1 Å². The normalized spacial score (nSPS) is 10.2. The van der Waals surface area contributed by atoms with Crippen molar-refractivity contribution < 1.29 is 9.21 Å². The van der Waals surface area contributed by atoms with Crippen molar-refractivity contribution in [2.24, 2.45) is 0 Å². The number of anilines is 2. The first-order chi connectivity index (χ1) is 8.56. The van der Waals surface area contributed by atoms with Crippen molar-refractivity contribution in [1.29, 1.82) is 0 Å². The third-order valence-corrected chi connectivity index (χ3v) is 2.96. The van der Waals surface area contributed by atoms with Gasteiger partial charge in [-0.3, -0.25) is 5.32 Å². The molecule has 2 N–H and O–H groups in total. The molecule has 0 fully saturated rings. The standard InChI is InChI=1S/C13H13BrN2O2/c1-8-4-3-5-9(2)12(8)16-13(17)15-11-7-6-10(14)18-11/h3-7H,1-2H3,(H2,15,16,17). The van der Waals surface area contributed by atoms with Gasteiger partial charge in [0.05, 0.1) is 0 Å². The molecule has 1 aromatic carbocycles. The van der Waals surface area contributed by atoms with Gasteiger partial charge in [-0.2, -0.15) is 0 Å². The van der Waals surface area contributed by atoms with E-state index < -0.39 is 0 Å². The Labute approximate surface area is 114 Å². The second-order valence-electron chi connectivity index (χ2n) is 3.95. The Morgan fingerprint density at radius 3 is 2.33 bits per heavy atom. The van der Waals surface area contributed by atoms with Crippen molar-refractivity contribution in [1.82, 2.24) is 0 Å². The molecule has 0 bridgehead atoms. The molecule has 18 heavy (non-hydrogen) atoms. The minimum Gasteiger partial charge on any atom is -0.434 e. The number of rotatable bonds is 2. The number of carbonyl (C=O) groups excluding carboxylic acids is 1. The van der Waals surface area contributed by atoms with E-state index in [1.165, 1.54) is 0 Å². The van der Waals surface area contributed by atoms with Crippen LogP contribution in [0.2, 0.25) is 0 Å². The molecule has 0 aliphatic heterocycles. The van der Waals surface area contributed by atoms with Crippen molar-refractivity contribution in [3.8, 4) is 0 Å². The minimum absolute atomic E-state index is 0.325. The van der Waals surface area contributed by atoms with Gasteiger partial charge in [-0.25, -0.2) is 4.79 Å². The van der Waals surface area contributed by atoms with Crippen LogP contribution < -0.4 is 10.6 Å². The number of halogens is 1. The number of nitrogens with one attached hydrogen (secondary N) is 2. The third kappa shape index (κ3) is 2.92. The summed E-state index contributed by atoms with van der Waals surface area (Å²) in [4.78, 5) is 11.8. The highest BCUT2D eigenvalue weighted by molar-refractivity contribution is 9.10. The maximum atomic E-state index is 11.8.